The molecule has 13 nitrogen and oxygen atoms in total. The number of nitrogens with zero attached hydrogens (tertiary/aromatic N) is 10. The second-order valence-electron chi connectivity index (χ2n) is 8.97. The molecule has 0 fully saturated rings. The van der Waals surface area contributed by atoms with Crippen LogP contribution in [0.15, 0.2) is 76.0 Å². The number of phenols is 2. The normalized spacial score (nSPS) is 13.5. The largest absolute Gasteiger partial charge is 0.507 e. The minimum Gasteiger partial charge on any atom is -0.507 e. The number of tetrazole rings is 2. The highest BCUT2D eigenvalue weighted by Crippen LogP contribution is 2.40. The standard InChI is InChI=1S/C27H26N10O3/c1-17-30-32-34-36(17)28-15-20-6-8-25(39)23(13-20)27(22-5-3-4-19(12-22)10-11-38)24-14-21(7-9-26(24)40)16-29-37-18(2)31-33-35-37/h3-4,6-9,12-16,38-40H,5,10-11H2,1-2H3. The Hall–Kier alpha value is -5.30. The van der Waals surface area contributed by atoms with Gasteiger partial charge in [0, 0.05) is 17.7 Å². The van der Waals surface area contributed by atoms with Gasteiger partial charge in [-0.1, -0.05) is 18.2 Å². The van der Waals surface area contributed by atoms with E-state index in [1.807, 2.05) is 18.2 Å². The van der Waals surface area contributed by atoms with Crippen molar-refractivity contribution in [2.45, 2.75) is 26.7 Å². The summed E-state index contributed by atoms with van der Waals surface area (Å²) in [4.78, 5) is 2.59. The molecule has 40 heavy (non-hydrogen) atoms. The zero-order valence-electron chi connectivity index (χ0n) is 21.8. The molecule has 0 spiro atoms. The van der Waals surface area contributed by atoms with Crippen LogP contribution < -0.4 is 0 Å². The Morgan fingerprint density at radius 3 is 1.90 bits per heavy atom. The number of rotatable bonds is 8. The molecule has 2 aromatic carbocycles. The average molecular weight is 539 g/mol. The lowest BCUT2D eigenvalue weighted by Crippen LogP contribution is -2.01. The van der Waals surface area contributed by atoms with Gasteiger partial charge in [0.2, 0.25) is 0 Å². The number of benzene rings is 2. The maximum atomic E-state index is 11.1. The van der Waals surface area contributed by atoms with Gasteiger partial charge < -0.3 is 15.3 Å². The highest BCUT2D eigenvalue weighted by molar-refractivity contribution is 5.93. The van der Waals surface area contributed by atoms with Crippen LogP contribution in [0.3, 0.4) is 0 Å². The summed E-state index contributed by atoms with van der Waals surface area (Å²) >= 11 is 0. The molecular weight excluding hydrogens is 512 g/mol. The lowest BCUT2D eigenvalue weighted by Gasteiger charge is -2.19. The summed E-state index contributed by atoms with van der Waals surface area (Å²) in [5.74, 6) is 1.09. The number of aromatic hydroxyl groups is 2. The molecule has 3 N–H and O–H groups in total. The fourth-order valence-corrected chi connectivity index (χ4v) is 4.20. The summed E-state index contributed by atoms with van der Waals surface area (Å²) in [6.07, 6.45) is 10.1. The number of aliphatic hydroxyl groups excluding tert-OH is 1. The molecule has 13 heteroatoms. The van der Waals surface area contributed by atoms with Gasteiger partial charge in [-0.2, -0.15) is 10.2 Å². The first kappa shape index (κ1) is 26.3. The van der Waals surface area contributed by atoms with Crippen LogP contribution in [0, 0.1) is 13.8 Å². The minimum absolute atomic E-state index is 0.000301. The van der Waals surface area contributed by atoms with Crippen molar-refractivity contribution in [1.82, 2.24) is 40.6 Å². The van der Waals surface area contributed by atoms with E-state index in [1.165, 1.54) is 9.58 Å². The van der Waals surface area contributed by atoms with Crippen LogP contribution in [0.2, 0.25) is 0 Å². The third-order valence-corrected chi connectivity index (χ3v) is 6.17. The van der Waals surface area contributed by atoms with E-state index in [1.54, 1.807) is 62.7 Å². The van der Waals surface area contributed by atoms with Crippen molar-refractivity contribution in [1.29, 1.82) is 0 Å². The van der Waals surface area contributed by atoms with Gasteiger partial charge in [-0.05, 0) is 112 Å². The Labute approximate surface area is 228 Å². The summed E-state index contributed by atoms with van der Waals surface area (Å²) in [7, 11) is 0. The molecule has 5 rings (SSSR count). The first-order chi connectivity index (χ1) is 19.4. The van der Waals surface area contributed by atoms with E-state index in [9.17, 15) is 15.3 Å². The molecule has 1 aliphatic rings. The lowest BCUT2D eigenvalue weighted by atomic mass is 9.86. The van der Waals surface area contributed by atoms with Crippen LogP contribution in [-0.4, -0.2) is 75.0 Å². The monoisotopic (exact) mass is 538 g/mol. The van der Waals surface area contributed by atoms with Gasteiger partial charge >= 0.3 is 0 Å². The second-order valence-corrected chi connectivity index (χ2v) is 8.97. The second kappa shape index (κ2) is 11.6. The van der Waals surface area contributed by atoms with Gasteiger partial charge in [-0.25, -0.2) is 0 Å². The number of aryl methyl sites for hydroxylation is 2. The number of aliphatic hydroxyl groups is 1. The van der Waals surface area contributed by atoms with Crippen molar-refractivity contribution in [2.75, 3.05) is 6.61 Å². The minimum atomic E-state index is 0.000301. The SMILES string of the molecule is Cc1nnnn1N=Cc1ccc(O)c(C(=C2C=C(CCO)C=CC2)c2cc(C=Nn3nnnc3C)ccc2O)c1. The molecule has 0 radical (unpaired) electrons. The number of hydrogen-bond donors (Lipinski definition) is 3. The van der Waals surface area contributed by atoms with Crippen molar-refractivity contribution in [2.24, 2.45) is 10.2 Å². The quantitative estimate of drug-likeness (QED) is 0.285. The first-order valence-electron chi connectivity index (χ1n) is 12.4. The van der Waals surface area contributed by atoms with E-state index >= 15 is 0 Å². The Morgan fingerprint density at radius 1 is 0.875 bits per heavy atom. The third-order valence-electron chi connectivity index (χ3n) is 6.17. The molecule has 0 unspecified atom stereocenters. The van der Waals surface area contributed by atoms with Crippen LogP contribution in [0.1, 0.15) is 46.7 Å². The molecule has 1 aliphatic carbocycles. The zero-order valence-corrected chi connectivity index (χ0v) is 21.8. The molecule has 0 amide bonds. The van der Waals surface area contributed by atoms with E-state index in [2.05, 4.69) is 41.3 Å². The molecule has 0 saturated carbocycles. The van der Waals surface area contributed by atoms with Gasteiger partial charge in [-0.15, -0.1) is 19.8 Å². The van der Waals surface area contributed by atoms with E-state index in [4.69, 9.17) is 0 Å². The van der Waals surface area contributed by atoms with E-state index in [0.717, 1.165) is 11.1 Å². The van der Waals surface area contributed by atoms with Gasteiger partial charge in [0.15, 0.2) is 11.6 Å². The third kappa shape index (κ3) is 5.73. The predicted molar refractivity (Wildman–Crippen MR) is 147 cm³/mol. The van der Waals surface area contributed by atoms with Gasteiger partial charge in [0.05, 0.1) is 12.4 Å². The molecule has 4 aromatic rings. The molecule has 0 atom stereocenters. The van der Waals surface area contributed by atoms with Crippen LogP contribution in [-0.2, 0) is 0 Å². The van der Waals surface area contributed by atoms with Crippen LogP contribution >= 0.6 is 0 Å². The van der Waals surface area contributed by atoms with Crippen molar-refractivity contribution < 1.29 is 15.3 Å². The maximum absolute atomic E-state index is 11.1. The Morgan fingerprint density at radius 2 is 1.43 bits per heavy atom. The Kier molecular flexibility index (Phi) is 7.64. The molecule has 0 aliphatic heterocycles. The van der Waals surface area contributed by atoms with E-state index in [0.29, 0.717) is 52.3 Å². The van der Waals surface area contributed by atoms with Gasteiger partial charge in [-0.3, -0.25) is 0 Å². The number of hydrogen-bond acceptors (Lipinski definition) is 11. The van der Waals surface area contributed by atoms with Crippen LogP contribution in [0.4, 0.5) is 0 Å². The Bertz CT molecular complexity index is 1590. The molecule has 202 valence electrons. The van der Waals surface area contributed by atoms with E-state index < -0.39 is 0 Å². The van der Waals surface area contributed by atoms with Crippen LogP contribution in [0.25, 0.3) is 5.57 Å². The topological polar surface area (TPSA) is 173 Å². The van der Waals surface area contributed by atoms with Crippen LogP contribution in [0.5, 0.6) is 11.5 Å². The summed E-state index contributed by atoms with van der Waals surface area (Å²) in [5.41, 5.74) is 4.74. The molecule has 2 aromatic heterocycles. The molecular formula is C27H26N10O3. The zero-order chi connectivity index (χ0) is 28.1. The molecule has 0 saturated heterocycles. The Balaban J connectivity index is 1.65. The van der Waals surface area contributed by atoms with Crippen molar-refractivity contribution >= 4 is 18.0 Å². The first-order valence-corrected chi connectivity index (χ1v) is 12.4. The predicted octanol–water partition coefficient (Wildman–Crippen LogP) is 2.52. The summed E-state index contributed by atoms with van der Waals surface area (Å²) in [6.45, 7) is 3.46. The maximum Gasteiger partial charge on any atom is 0.173 e. The fraction of sp³-hybridized carbons (Fsp3) is 0.185. The lowest BCUT2D eigenvalue weighted by molar-refractivity contribution is 0.300. The highest BCUT2D eigenvalue weighted by Gasteiger charge is 2.20. The molecule has 2 heterocycles. The fourth-order valence-electron chi connectivity index (χ4n) is 4.20. The van der Waals surface area contributed by atoms with Crippen molar-refractivity contribution in [3.63, 3.8) is 0 Å². The van der Waals surface area contributed by atoms with Crippen molar-refractivity contribution in [3.05, 3.63) is 99.7 Å². The number of aromatic nitrogens is 8. The number of allylic oxidation sites excluding steroid dienone is 4. The summed E-state index contributed by atoms with van der Waals surface area (Å²) in [5, 5.41) is 62.7. The highest BCUT2D eigenvalue weighted by atomic mass is 16.3. The average Bonchev–Trinajstić information content (AvgIpc) is 3.56. The van der Waals surface area contributed by atoms with Gasteiger partial charge in [0.25, 0.3) is 0 Å². The smallest absolute Gasteiger partial charge is 0.173 e. The summed E-state index contributed by atoms with van der Waals surface area (Å²) in [6, 6.07) is 10.1. The van der Waals surface area contributed by atoms with E-state index in [-0.39, 0.29) is 18.1 Å². The van der Waals surface area contributed by atoms with Gasteiger partial charge in [0.1, 0.15) is 11.5 Å². The summed E-state index contributed by atoms with van der Waals surface area (Å²) < 4.78 is 0. The molecule has 0 bridgehead atoms. The van der Waals surface area contributed by atoms with Crippen molar-refractivity contribution in [3.8, 4) is 11.5 Å². The number of phenolic OH excluding ortho intramolecular Hbond substituents is 2.